The molecule has 0 saturated carbocycles. The second-order valence-electron chi connectivity index (χ2n) is 4.72. The molecule has 1 aliphatic heterocycles. The van der Waals surface area contributed by atoms with E-state index < -0.39 is 0 Å². The van der Waals surface area contributed by atoms with E-state index in [1.54, 1.807) is 24.5 Å². The van der Waals surface area contributed by atoms with E-state index in [0.717, 1.165) is 28.9 Å². The highest BCUT2D eigenvalue weighted by molar-refractivity contribution is 5.82. The third-order valence-electron chi connectivity index (χ3n) is 3.51. The number of ether oxygens (including phenoxy) is 1. The minimum absolute atomic E-state index is 0.279. The lowest BCUT2D eigenvalue weighted by Crippen LogP contribution is -2.36. The summed E-state index contributed by atoms with van der Waals surface area (Å²) in [6.45, 7) is 1.39. The molecule has 0 bridgehead atoms. The first-order chi connectivity index (χ1) is 9.83. The monoisotopic (exact) mass is 267 g/mol. The van der Waals surface area contributed by atoms with Crippen molar-refractivity contribution in [2.24, 2.45) is 0 Å². The van der Waals surface area contributed by atoms with Gasteiger partial charge in [-0.15, -0.1) is 0 Å². The van der Waals surface area contributed by atoms with Crippen LogP contribution in [0.4, 0.5) is 5.69 Å². The van der Waals surface area contributed by atoms with E-state index in [1.807, 2.05) is 24.4 Å². The summed E-state index contributed by atoms with van der Waals surface area (Å²) in [7, 11) is 0. The Morgan fingerprint density at radius 2 is 2.15 bits per heavy atom. The van der Waals surface area contributed by atoms with E-state index in [-0.39, 0.29) is 5.75 Å². The van der Waals surface area contributed by atoms with Crippen LogP contribution in [0.1, 0.15) is 0 Å². The fraction of sp³-hybridized carbons (Fsp3) is 0.133. The van der Waals surface area contributed by atoms with Gasteiger partial charge in [0.05, 0.1) is 18.3 Å². The van der Waals surface area contributed by atoms with Crippen molar-refractivity contribution in [2.75, 3.05) is 18.2 Å². The number of aromatic hydroxyl groups is 1. The highest BCUT2D eigenvalue weighted by Crippen LogP contribution is 2.32. The largest absolute Gasteiger partial charge is 0.508 e. The van der Waals surface area contributed by atoms with Crippen LogP contribution in [0.5, 0.6) is 11.5 Å². The van der Waals surface area contributed by atoms with Crippen LogP contribution >= 0.6 is 0 Å². The second-order valence-corrected chi connectivity index (χ2v) is 4.72. The van der Waals surface area contributed by atoms with Crippen LogP contribution in [0.3, 0.4) is 0 Å². The Hall–Kier alpha value is -2.69. The maximum Gasteiger partial charge on any atom is 0.162 e. The Balaban J connectivity index is 1.88. The molecule has 3 aromatic rings. The number of benzene rings is 1. The van der Waals surface area contributed by atoms with Crippen LogP contribution < -0.4 is 9.75 Å². The Morgan fingerprint density at radius 1 is 1.20 bits per heavy atom. The predicted octanol–water partition coefficient (Wildman–Crippen LogP) is 2.40. The van der Waals surface area contributed by atoms with Crippen molar-refractivity contribution in [1.82, 2.24) is 9.66 Å². The fourth-order valence-electron chi connectivity index (χ4n) is 2.61. The first-order valence-corrected chi connectivity index (χ1v) is 6.48. The number of nitrogens with zero attached hydrogens (tertiary/aromatic N) is 3. The summed E-state index contributed by atoms with van der Waals surface area (Å²) in [4.78, 5) is 4.09. The molecule has 0 radical (unpaired) electrons. The number of anilines is 1. The maximum absolute atomic E-state index is 9.56. The number of fused-ring (bicyclic) bond motifs is 2. The van der Waals surface area contributed by atoms with Crippen molar-refractivity contribution in [3.05, 3.63) is 48.9 Å². The third kappa shape index (κ3) is 1.60. The molecule has 0 spiro atoms. The number of phenols is 1. The number of hydrogen-bond acceptors (Lipinski definition) is 4. The molecule has 1 N–H and O–H groups in total. The van der Waals surface area contributed by atoms with Gasteiger partial charge in [-0.25, -0.2) is 0 Å². The molecule has 1 aromatic carbocycles. The molecule has 5 nitrogen and oxygen atoms in total. The molecular formula is C15H13N3O2. The summed E-state index contributed by atoms with van der Waals surface area (Å²) in [5, 5.41) is 12.7. The molecular weight excluding hydrogens is 254 g/mol. The van der Waals surface area contributed by atoms with E-state index in [2.05, 4.69) is 14.7 Å². The van der Waals surface area contributed by atoms with E-state index in [4.69, 9.17) is 4.74 Å². The molecule has 5 heteroatoms. The Bertz CT molecular complexity index is 782. The SMILES string of the molecule is Oc1ccc2c(ccn2N2CCOc3cnccc32)c1. The quantitative estimate of drug-likeness (QED) is 0.735. The molecule has 3 heterocycles. The molecule has 1 aliphatic rings. The number of aromatic nitrogens is 2. The zero-order chi connectivity index (χ0) is 13.5. The minimum Gasteiger partial charge on any atom is -0.508 e. The van der Waals surface area contributed by atoms with Crippen molar-refractivity contribution in [2.45, 2.75) is 0 Å². The zero-order valence-corrected chi connectivity index (χ0v) is 10.7. The standard InChI is InChI=1S/C15H13N3O2/c19-12-1-2-13-11(9-12)4-6-17(13)18-7-8-20-15-10-16-5-3-14(15)18/h1-6,9-10,19H,7-8H2. The molecule has 4 rings (SSSR count). The smallest absolute Gasteiger partial charge is 0.162 e. The van der Waals surface area contributed by atoms with Gasteiger partial charge >= 0.3 is 0 Å². The summed E-state index contributed by atoms with van der Waals surface area (Å²) in [6.07, 6.45) is 5.50. The van der Waals surface area contributed by atoms with Gasteiger partial charge in [-0.1, -0.05) is 0 Å². The van der Waals surface area contributed by atoms with Crippen molar-refractivity contribution < 1.29 is 9.84 Å². The molecule has 0 atom stereocenters. The average molecular weight is 267 g/mol. The molecule has 0 fully saturated rings. The van der Waals surface area contributed by atoms with E-state index in [1.165, 1.54) is 0 Å². The van der Waals surface area contributed by atoms with Crippen LogP contribution in [0, 0.1) is 0 Å². The summed E-state index contributed by atoms with van der Waals surface area (Å²) in [5.41, 5.74) is 2.05. The van der Waals surface area contributed by atoms with Crippen LogP contribution in [-0.4, -0.2) is 27.9 Å². The van der Waals surface area contributed by atoms with Gasteiger partial charge in [-0.2, -0.15) is 0 Å². The summed E-state index contributed by atoms with van der Waals surface area (Å²) in [6, 6.07) is 9.32. The van der Waals surface area contributed by atoms with Gasteiger partial charge in [-0.3, -0.25) is 14.7 Å². The molecule has 20 heavy (non-hydrogen) atoms. The van der Waals surface area contributed by atoms with E-state index >= 15 is 0 Å². The summed E-state index contributed by atoms with van der Waals surface area (Å²) in [5.74, 6) is 1.07. The Kier molecular flexibility index (Phi) is 2.32. The van der Waals surface area contributed by atoms with Gasteiger partial charge in [0.1, 0.15) is 18.0 Å². The van der Waals surface area contributed by atoms with Crippen molar-refractivity contribution in [3.63, 3.8) is 0 Å². The third-order valence-corrected chi connectivity index (χ3v) is 3.51. The van der Waals surface area contributed by atoms with Crippen LogP contribution in [0.25, 0.3) is 10.9 Å². The normalized spacial score (nSPS) is 14.1. The lowest BCUT2D eigenvalue weighted by atomic mass is 10.2. The number of hydrogen-bond donors (Lipinski definition) is 1. The Morgan fingerprint density at radius 3 is 3.10 bits per heavy atom. The van der Waals surface area contributed by atoms with E-state index in [0.29, 0.717) is 6.61 Å². The highest BCUT2D eigenvalue weighted by atomic mass is 16.5. The minimum atomic E-state index is 0.279. The zero-order valence-electron chi connectivity index (χ0n) is 10.7. The molecule has 0 amide bonds. The first-order valence-electron chi connectivity index (χ1n) is 6.48. The predicted molar refractivity (Wildman–Crippen MR) is 76.1 cm³/mol. The lowest BCUT2D eigenvalue weighted by Gasteiger charge is -2.32. The highest BCUT2D eigenvalue weighted by Gasteiger charge is 2.20. The fourth-order valence-corrected chi connectivity index (χ4v) is 2.61. The molecule has 100 valence electrons. The molecule has 2 aromatic heterocycles. The molecule has 0 saturated heterocycles. The topological polar surface area (TPSA) is 50.5 Å². The number of pyridine rings is 1. The molecule has 0 aliphatic carbocycles. The maximum atomic E-state index is 9.56. The lowest BCUT2D eigenvalue weighted by molar-refractivity contribution is 0.301. The van der Waals surface area contributed by atoms with Gasteiger partial charge in [0.2, 0.25) is 0 Å². The van der Waals surface area contributed by atoms with Gasteiger partial charge in [-0.05, 0) is 30.3 Å². The van der Waals surface area contributed by atoms with Gasteiger partial charge < -0.3 is 9.84 Å². The molecule has 0 unspecified atom stereocenters. The van der Waals surface area contributed by atoms with Gasteiger partial charge in [0.25, 0.3) is 0 Å². The van der Waals surface area contributed by atoms with E-state index in [9.17, 15) is 5.11 Å². The van der Waals surface area contributed by atoms with Crippen molar-refractivity contribution in [3.8, 4) is 11.5 Å². The van der Waals surface area contributed by atoms with Crippen LogP contribution in [0.15, 0.2) is 48.9 Å². The summed E-state index contributed by atoms with van der Waals surface area (Å²) < 4.78 is 7.70. The average Bonchev–Trinajstić information content (AvgIpc) is 2.89. The van der Waals surface area contributed by atoms with Crippen LogP contribution in [-0.2, 0) is 0 Å². The number of phenolic OH excluding ortho intramolecular Hbond substituents is 1. The van der Waals surface area contributed by atoms with Crippen LogP contribution in [0.2, 0.25) is 0 Å². The van der Waals surface area contributed by atoms with Gasteiger partial charge in [0.15, 0.2) is 5.75 Å². The summed E-state index contributed by atoms with van der Waals surface area (Å²) >= 11 is 0. The first kappa shape index (κ1) is 11.2. The Labute approximate surface area is 115 Å². The second kappa shape index (κ2) is 4.16. The van der Waals surface area contributed by atoms with Crippen molar-refractivity contribution >= 4 is 16.6 Å². The van der Waals surface area contributed by atoms with Gasteiger partial charge in [0, 0.05) is 17.8 Å². The number of rotatable bonds is 1. The van der Waals surface area contributed by atoms with Crippen molar-refractivity contribution in [1.29, 1.82) is 0 Å².